The van der Waals surface area contributed by atoms with Gasteiger partial charge in [-0.05, 0) is 18.6 Å². The van der Waals surface area contributed by atoms with Gasteiger partial charge in [0.25, 0.3) is 0 Å². The molecule has 1 aliphatic heterocycles. The molecule has 2 aromatic rings. The fourth-order valence-corrected chi connectivity index (χ4v) is 2.84. The molecule has 0 amide bonds. The average Bonchev–Trinajstić information content (AvgIpc) is 2.94. The van der Waals surface area contributed by atoms with Gasteiger partial charge in [0, 0.05) is 0 Å². The summed E-state index contributed by atoms with van der Waals surface area (Å²) in [7, 11) is 0. The van der Waals surface area contributed by atoms with Crippen LogP contribution in [0.5, 0.6) is 0 Å². The van der Waals surface area contributed by atoms with Crippen molar-refractivity contribution in [1.82, 2.24) is 9.55 Å². The molecule has 0 saturated carbocycles. The van der Waals surface area contributed by atoms with Crippen LogP contribution in [0.4, 0.5) is 0 Å². The number of rotatable bonds is 2. The van der Waals surface area contributed by atoms with Crippen molar-refractivity contribution in [2.24, 2.45) is 0 Å². The number of halogens is 2. The molecule has 108 valence electrons. The molecule has 7 heteroatoms. The van der Waals surface area contributed by atoms with Gasteiger partial charge >= 0.3 is 0 Å². The summed E-state index contributed by atoms with van der Waals surface area (Å²) in [5.41, 5.74) is 1.36. The first-order valence-electron chi connectivity index (χ1n) is 6.36. The van der Waals surface area contributed by atoms with Crippen LogP contribution in [0.25, 0.3) is 11.0 Å². The van der Waals surface area contributed by atoms with E-state index < -0.39 is 24.5 Å². The smallest absolute Gasteiger partial charge is 0.164 e. The molecular formula is C13H14Cl2N2O3. The van der Waals surface area contributed by atoms with Crippen LogP contribution in [0, 0.1) is 0 Å². The van der Waals surface area contributed by atoms with Crippen molar-refractivity contribution >= 4 is 34.2 Å². The molecule has 0 spiro atoms. The fraction of sp³-hybridized carbons (Fsp3) is 0.462. The van der Waals surface area contributed by atoms with Gasteiger partial charge in [0.2, 0.25) is 0 Å². The predicted molar refractivity (Wildman–Crippen MR) is 76.0 cm³/mol. The van der Waals surface area contributed by atoms with Gasteiger partial charge in [-0.15, -0.1) is 0 Å². The summed E-state index contributed by atoms with van der Waals surface area (Å²) in [6.07, 6.45) is -0.825. The second kappa shape index (κ2) is 5.16. The van der Waals surface area contributed by atoms with Crippen LogP contribution in [0.3, 0.4) is 0 Å². The summed E-state index contributed by atoms with van der Waals surface area (Å²) in [5, 5.41) is 20.9. The van der Waals surface area contributed by atoms with Gasteiger partial charge in [-0.2, -0.15) is 0 Å². The van der Waals surface area contributed by atoms with E-state index in [4.69, 9.17) is 27.9 Å². The van der Waals surface area contributed by atoms with Crippen LogP contribution in [0.15, 0.2) is 18.5 Å². The molecular weight excluding hydrogens is 303 g/mol. The molecule has 1 fully saturated rings. The van der Waals surface area contributed by atoms with Crippen molar-refractivity contribution in [3.05, 3.63) is 28.5 Å². The van der Waals surface area contributed by atoms with Gasteiger partial charge in [-0.3, -0.25) is 0 Å². The topological polar surface area (TPSA) is 67.5 Å². The van der Waals surface area contributed by atoms with Crippen LogP contribution < -0.4 is 0 Å². The summed E-state index contributed by atoms with van der Waals surface area (Å²) in [4.78, 5) is 4.22. The van der Waals surface area contributed by atoms with E-state index in [9.17, 15) is 10.2 Å². The SMILES string of the molecule is CC[C@H]1O[C@@H](n2cnc3cc(Cl)c(Cl)cc32)[C@H](O)[C@@H]1O. The molecule has 2 heterocycles. The Balaban J connectivity index is 2.05. The molecule has 1 aromatic carbocycles. The minimum absolute atomic E-state index is 0.393. The molecule has 1 aliphatic rings. The third-order valence-corrected chi connectivity index (χ3v) is 4.35. The van der Waals surface area contributed by atoms with Crippen molar-refractivity contribution in [2.45, 2.75) is 37.9 Å². The van der Waals surface area contributed by atoms with E-state index in [1.165, 1.54) is 0 Å². The first-order valence-corrected chi connectivity index (χ1v) is 7.11. The van der Waals surface area contributed by atoms with Gasteiger partial charge < -0.3 is 19.5 Å². The molecule has 0 aliphatic carbocycles. The molecule has 1 saturated heterocycles. The van der Waals surface area contributed by atoms with Crippen LogP contribution in [-0.4, -0.2) is 38.1 Å². The number of aliphatic hydroxyl groups is 2. The van der Waals surface area contributed by atoms with E-state index in [0.717, 1.165) is 0 Å². The van der Waals surface area contributed by atoms with Crippen molar-refractivity contribution in [3.63, 3.8) is 0 Å². The Morgan fingerprint density at radius 2 is 1.95 bits per heavy atom. The zero-order valence-corrected chi connectivity index (χ0v) is 12.2. The Morgan fingerprint density at radius 3 is 2.60 bits per heavy atom. The second-order valence-corrected chi connectivity index (χ2v) is 5.68. The number of aliphatic hydroxyl groups excluding tert-OH is 2. The maximum atomic E-state index is 10.1. The highest BCUT2D eigenvalue weighted by Gasteiger charge is 2.43. The Kier molecular flexibility index (Phi) is 3.64. The number of hydrogen-bond acceptors (Lipinski definition) is 4. The lowest BCUT2D eigenvalue weighted by Gasteiger charge is -2.17. The number of imidazole rings is 1. The first kappa shape index (κ1) is 14.1. The molecule has 1 aromatic heterocycles. The highest BCUT2D eigenvalue weighted by Crippen LogP contribution is 2.35. The van der Waals surface area contributed by atoms with E-state index in [1.807, 2.05) is 6.92 Å². The summed E-state index contributed by atoms with van der Waals surface area (Å²) in [6, 6.07) is 3.33. The largest absolute Gasteiger partial charge is 0.388 e. The van der Waals surface area contributed by atoms with Crippen molar-refractivity contribution in [3.8, 4) is 0 Å². The highest BCUT2D eigenvalue weighted by atomic mass is 35.5. The van der Waals surface area contributed by atoms with Crippen LogP contribution in [0.1, 0.15) is 19.6 Å². The third kappa shape index (κ3) is 2.10. The zero-order chi connectivity index (χ0) is 14.4. The summed E-state index contributed by atoms with van der Waals surface area (Å²) in [5.74, 6) is 0. The van der Waals surface area contributed by atoms with E-state index in [-0.39, 0.29) is 0 Å². The lowest BCUT2D eigenvalue weighted by molar-refractivity contribution is -0.0352. The van der Waals surface area contributed by atoms with Crippen molar-refractivity contribution in [2.75, 3.05) is 0 Å². The standard InChI is InChI=1S/C13H14Cl2N2O3/c1-2-10-11(18)12(19)13(20-10)17-5-16-8-3-6(14)7(15)4-9(8)17/h3-5,10-13,18-19H,2H2,1H3/t10-,11-,12-,13-/m1/s1. The number of hydrogen-bond donors (Lipinski definition) is 2. The average molecular weight is 317 g/mol. The van der Waals surface area contributed by atoms with E-state index in [1.54, 1.807) is 23.0 Å². The molecule has 20 heavy (non-hydrogen) atoms. The minimum atomic E-state index is -1.01. The molecule has 4 atom stereocenters. The molecule has 2 N–H and O–H groups in total. The molecule has 5 nitrogen and oxygen atoms in total. The summed E-state index contributed by atoms with van der Waals surface area (Å²) in [6.45, 7) is 1.89. The monoisotopic (exact) mass is 316 g/mol. The number of ether oxygens (including phenoxy) is 1. The Bertz CT molecular complexity index is 646. The lowest BCUT2D eigenvalue weighted by Crippen LogP contribution is -2.31. The molecule has 3 rings (SSSR count). The third-order valence-electron chi connectivity index (χ3n) is 3.63. The Morgan fingerprint density at radius 1 is 1.25 bits per heavy atom. The van der Waals surface area contributed by atoms with E-state index >= 15 is 0 Å². The number of fused-ring (bicyclic) bond motifs is 1. The predicted octanol–water partition coefficient (Wildman–Crippen LogP) is 2.37. The summed E-state index contributed by atoms with van der Waals surface area (Å²) < 4.78 is 7.37. The number of aromatic nitrogens is 2. The maximum absolute atomic E-state index is 10.1. The van der Waals surface area contributed by atoms with Crippen molar-refractivity contribution < 1.29 is 14.9 Å². The van der Waals surface area contributed by atoms with Gasteiger partial charge in [0.15, 0.2) is 6.23 Å². The van der Waals surface area contributed by atoms with E-state index in [2.05, 4.69) is 4.98 Å². The molecule has 0 radical (unpaired) electrons. The number of nitrogens with zero attached hydrogens (tertiary/aromatic N) is 2. The fourth-order valence-electron chi connectivity index (χ4n) is 2.52. The van der Waals surface area contributed by atoms with Gasteiger partial charge in [-0.1, -0.05) is 30.1 Å². The van der Waals surface area contributed by atoms with Crippen LogP contribution >= 0.6 is 23.2 Å². The van der Waals surface area contributed by atoms with Crippen molar-refractivity contribution in [1.29, 1.82) is 0 Å². The van der Waals surface area contributed by atoms with Crippen LogP contribution in [0.2, 0.25) is 10.0 Å². The maximum Gasteiger partial charge on any atom is 0.164 e. The highest BCUT2D eigenvalue weighted by molar-refractivity contribution is 6.42. The zero-order valence-electron chi connectivity index (χ0n) is 10.7. The molecule has 0 bridgehead atoms. The van der Waals surface area contributed by atoms with E-state index in [0.29, 0.717) is 27.5 Å². The summed E-state index contributed by atoms with van der Waals surface area (Å²) >= 11 is 12.0. The quantitative estimate of drug-likeness (QED) is 0.892. The first-order chi connectivity index (χ1) is 9.52. The van der Waals surface area contributed by atoms with Gasteiger partial charge in [0.05, 0.1) is 33.5 Å². The number of benzene rings is 1. The van der Waals surface area contributed by atoms with Gasteiger partial charge in [-0.25, -0.2) is 4.98 Å². The van der Waals surface area contributed by atoms with Crippen LogP contribution in [-0.2, 0) is 4.74 Å². The lowest BCUT2D eigenvalue weighted by atomic mass is 10.1. The second-order valence-electron chi connectivity index (χ2n) is 4.86. The minimum Gasteiger partial charge on any atom is -0.388 e. The molecule has 0 unspecified atom stereocenters. The Hall–Kier alpha value is -0.850. The Labute approximate surface area is 125 Å². The van der Waals surface area contributed by atoms with Gasteiger partial charge in [0.1, 0.15) is 12.2 Å². The normalized spacial score (nSPS) is 30.2.